The molecule has 0 spiro atoms. The summed E-state index contributed by atoms with van der Waals surface area (Å²) in [6.07, 6.45) is 7.65. The summed E-state index contributed by atoms with van der Waals surface area (Å²) in [5.41, 5.74) is -0.244. The maximum Gasteiger partial charge on any atom is 0.353 e. The summed E-state index contributed by atoms with van der Waals surface area (Å²) in [5, 5.41) is 8.83. The number of rotatable bonds is 1. The Kier molecular flexibility index (Phi) is 2.21. The summed E-state index contributed by atoms with van der Waals surface area (Å²) in [4.78, 5) is 11.8. The van der Waals surface area contributed by atoms with Crippen molar-refractivity contribution in [3.05, 3.63) is 33.9 Å². The van der Waals surface area contributed by atoms with Crippen LogP contribution in [0.1, 0.15) is 49.8 Å². The van der Waals surface area contributed by atoms with E-state index >= 15 is 0 Å². The zero-order valence-electron chi connectivity index (χ0n) is 10.9. The van der Waals surface area contributed by atoms with Crippen LogP contribution in [0.3, 0.4) is 0 Å². The molecule has 0 atom stereocenters. The lowest BCUT2D eigenvalue weighted by Gasteiger charge is -2.56. The van der Waals surface area contributed by atoms with Crippen molar-refractivity contribution in [1.82, 2.24) is 0 Å². The van der Waals surface area contributed by atoms with E-state index in [-0.39, 0.29) is 11.0 Å². The Bertz CT molecular complexity index is 587. The van der Waals surface area contributed by atoms with Gasteiger partial charge < -0.3 is 4.42 Å². The average Bonchev–Trinajstić information content (AvgIpc) is 2.37. The molecule has 1 aromatic heterocycles. The Morgan fingerprint density at radius 2 is 1.68 bits per heavy atom. The fourth-order valence-electron chi connectivity index (χ4n) is 5.20. The van der Waals surface area contributed by atoms with Gasteiger partial charge in [0.15, 0.2) is 0 Å². The molecule has 0 saturated heterocycles. The third kappa shape index (κ3) is 1.59. The first-order valence-electron chi connectivity index (χ1n) is 7.23. The molecular formula is C16H17NO2. The Labute approximate surface area is 112 Å². The Hall–Kier alpha value is -1.56. The summed E-state index contributed by atoms with van der Waals surface area (Å²) in [7, 11) is 0. The van der Waals surface area contributed by atoms with Crippen molar-refractivity contribution in [2.75, 3.05) is 0 Å². The molecule has 1 aromatic rings. The molecule has 0 amide bonds. The monoisotopic (exact) mass is 255 g/mol. The smallest absolute Gasteiger partial charge is 0.353 e. The zero-order valence-corrected chi connectivity index (χ0v) is 10.9. The summed E-state index contributed by atoms with van der Waals surface area (Å²) >= 11 is 0. The normalized spacial score (nSPS) is 39.2. The Balaban J connectivity index is 1.78. The van der Waals surface area contributed by atoms with Gasteiger partial charge in [-0.05, 0) is 68.4 Å². The second-order valence-corrected chi connectivity index (χ2v) is 6.81. The lowest BCUT2D eigenvalue weighted by atomic mass is 9.49. The van der Waals surface area contributed by atoms with E-state index < -0.39 is 5.63 Å². The van der Waals surface area contributed by atoms with Crippen LogP contribution in [-0.2, 0) is 5.41 Å². The van der Waals surface area contributed by atoms with E-state index in [1.807, 2.05) is 12.1 Å². The Morgan fingerprint density at radius 3 is 2.16 bits per heavy atom. The van der Waals surface area contributed by atoms with Gasteiger partial charge in [0.05, 0.1) is 0 Å². The standard InChI is InChI=1S/C16H17NO2/c17-9-13-1-2-14(19-15(13)18)16-6-10-3-11(7-16)5-12(4-10)8-16/h1-2,10-12H,3-8H2. The third-order valence-electron chi connectivity index (χ3n) is 5.51. The molecule has 4 fully saturated rings. The molecule has 0 aliphatic heterocycles. The quantitative estimate of drug-likeness (QED) is 0.775. The molecular weight excluding hydrogens is 238 g/mol. The highest BCUT2D eigenvalue weighted by Crippen LogP contribution is 2.60. The zero-order chi connectivity index (χ0) is 13.0. The number of hydrogen-bond donors (Lipinski definition) is 0. The minimum atomic E-state index is -0.462. The van der Waals surface area contributed by atoms with E-state index in [0.29, 0.717) is 0 Å². The largest absolute Gasteiger partial charge is 0.426 e. The lowest BCUT2D eigenvalue weighted by molar-refractivity contribution is -0.0165. The first-order valence-corrected chi connectivity index (χ1v) is 7.23. The Morgan fingerprint density at radius 1 is 1.11 bits per heavy atom. The highest BCUT2D eigenvalue weighted by atomic mass is 16.4. The highest BCUT2D eigenvalue weighted by molar-refractivity contribution is 5.28. The molecule has 4 aliphatic carbocycles. The van der Waals surface area contributed by atoms with Gasteiger partial charge in [-0.2, -0.15) is 5.26 Å². The summed E-state index contributed by atoms with van der Waals surface area (Å²) in [6.45, 7) is 0. The fourth-order valence-corrected chi connectivity index (χ4v) is 5.20. The SMILES string of the molecule is N#Cc1ccc(C23CC4CC(CC(C4)C2)C3)oc1=O. The molecule has 3 nitrogen and oxygen atoms in total. The molecule has 0 unspecified atom stereocenters. The van der Waals surface area contributed by atoms with Crippen LogP contribution in [-0.4, -0.2) is 0 Å². The van der Waals surface area contributed by atoms with Crippen LogP contribution in [0.25, 0.3) is 0 Å². The van der Waals surface area contributed by atoms with Crippen LogP contribution < -0.4 is 5.63 Å². The van der Waals surface area contributed by atoms with Gasteiger partial charge in [-0.1, -0.05) is 0 Å². The van der Waals surface area contributed by atoms with Gasteiger partial charge in [-0.25, -0.2) is 4.79 Å². The second kappa shape index (κ2) is 3.72. The number of hydrogen-bond acceptors (Lipinski definition) is 3. The fraction of sp³-hybridized carbons (Fsp3) is 0.625. The van der Waals surface area contributed by atoms with E-state index in [1.54, 1.807) is 6.07 Å². The number of nitriles is 1. The van der Waals surface area contributed by atoms with Gasteiger partial charge in [-0.3, -0.25) is 0 Å². The van der Waals surface area contributed by atoms with Gasteiger partial charge in [0.25, 0.3) is 0 Å². The van der Waals surface area contributed by atoms with E-state index in [4.69, 9.17) is 9.68 Å². The first-order chi connectivity index (χ1) is 9.18. The van der Waals surface area contributed by atoms with Gasteiger partial charge in [-0.15, -0.1) is 0 Å². The molecule has 0 radical (unpaired) electrons. The minimum Gasteiger partial charge on any atom is -0.426 e. The molecule has 5 rings (SSSR count). The summed E-state index contributed by atoms with van der Waals surface area (Å²) in [6, 6.07) is 5.41. The van der Waals surface area contributed by atoms with Crippen molar-refractivity contribution in [3.63, 3.8) is 0 Å². The molecule has 4 aliphatic rings. The van der Waals surface area contributed by atoms with Gasteiger partial charge in [0.2, 0.25) is 0 Å². The van der Waals surface area contributed by atoms with E-state index in [9.17, 15) is 4.79 Å². The van der Waals surface area contributed by atoms with E-state index in [1.165, 1.54) is 38.5 Å². The van der Waals surface area contributed by atoms with Crippen LogP contribution in [0, 0.1) is 29.1 Å². The average molecular weight is 255 g/mol. The molecule has 0 aromatic carbocycles. The van der Waals surface area contributed by atoms with Crippen LogP contribution in [0.2, 0.25) is 0 Å². The van der Waals surface area contributed by atoms with Crippen LogP contribution in [0.4, 0.5) is 0 Å². The minimum absolute atomic E-state index is 0.0991. The molecule has 19 heavy (non-hydrogen) atoms. The second-order valence-electron chi connectivity index (χ2n) is 6.81. The van der Waals surface area contributed by atoms with Gasteiger partial charge >= 0.3 is 5.63 Å². The molecule has 4 saturated carbocycles. The van der Waals surface area contributed by atoms with Crippen molar-refractivity contribution in [1.29, 1.82) is 5.26 Å². The van der Waals surface area contributed by atoms with E-state index in [0.717, 1.165) is 23.5 Å². The maximum absolute atomic E-state index is 11.8. The number of nitrogens with zero attached hydrogens (tertiary/aromatic N) is 1. The van der Waals surface area contributed by atoms with Crippen LogP contribution in [0.5, 0.6) is 0 Å². The molecule has 0 N–H and O–H groups in total. The molecule has 98 valence electrons. The lowest BCUT2D eigenvalue weighted by Crippen LogP contribution is -2.48. The summed E-state index contributed by atoms with van der Waals surface area (Å²) < 4.78 is 5.51. The van der Waals surface area contributed by atoms with Gasteiger partial charge in [0.1, 0.15) is 17.4 Å². The maximum atomic E-state index is 11.8. The predicted molar refractivity (Wildman–Crippen MR) is 69.5 cm³/mol. The predicted octanol–water partition coefficient (Wildman–Crippen LogP) is 2.98. The first kappa shape index (κ1) is 11.3. The third-order valence-corrected chi connectivity index (χ3v) is 5.51. The van der Waals surface area contributed by atoms with Crippen LogP contribution >= 0.6 is 0 Å². The van der Waals surface area contributed by atoms with Crippen molar-refractivity contribution in [3.8, 4) is 6.07 Å². The molecule has 3 heteroatoms. The topological polar surface area (TPSA) is 54.0 Å². The summed E-state index contributed by atoms with van der Waals surface area (Å²) in [5.74, 6) is 3.32. The van der Waals surface area contributed by atoms with Crippen molar-refractivity contribution in [2.45, 2.75) is 43.9 Å². The molecule has 4 bridgehead atoms. The highest BCUT2D eigenvalue weighted by Gasteiger charge is 2.52. The molecule has 1 heterocycles. The van der Waals surface area contributed by atoms with Crippen molar-refractivity contribution >= 4 is 0 Å². The van der Waals surface area contributed by atoms with Crippen molar-refractivity contribution in [2.24, 2.45) is 17.8 Å². The van der Waals surface area contributed by atoms with Crippen LogP contribution in [0.15, 0.2) is 21.3 Å². The van der Waals surface area contributed by atoms with E-state index in [2.05, 4.69) is 0 Å². The van der Waals surface area contributed by atoms with Gasteiger partial charge in [0, 0.05) is 5.41 Å². The van der Waals surface area contributed by atoms with Crippen molar-refractivity contribution < 1.29 is 4.42 Å².